The first-order valence-corrected chi connectivity index (χ1v) is 8.76. The van der Waals surface area contributed by atoms with E-state index in [1.54, 1.807) is 0 Å². The maximum atomic E-state index is 11.8. The Morgan fingerprint density at radius 2 is 2.30 bits per heavy atom. The van der Waals surface area contributed by atoms with E-state index in [0.29, 0.717) is 17.2 Å². The van der Waals surface area contributed by atoms with Gasteiger partial charge in [0.15, 0.2) is 0 Å². The molecule has 3 heteroatoms. The lowest BCUT2D eigenvalue weighted by Gasteiger charge is -2.05. The number of carbonyl (C=O) groups excluding carboxylic acids is 1. The third kappa shape index (κ3) is 3.38. The van der Waals surface area contributed by atoms with Crippen LogP contribution in [-0.4, -0.2) is 18.2 Å². The summed E-state index contributed by atoms with van der Waals surface area (Å²) < 4.78 is 0. The number of rotatable bonds is 7. The SMILES string of the molecule is Cc1cccc(CSCCCNC(=O)[C@H]2CC23CC3)c1. The Balaban J connectivity index is 1.24. The van der Waals surface area contributed by atoms with E-state index >= 15 is 0 Å². The second kappa shape index (κ2) is 5.80. The first kappa shape index (κ1) is 14.0. The Hall–Kier alpha value is -0.960. The van der Waals surface area contributed by atoms with Crippen molar-refractivity contribution in [2.24, 2.45) is 11.3 Å². The molecule has 1 amide bonds. The number of hydrogen-bond donors (Lipinski definition) is 1. The predicted octanol–water partition coefficient (Wildman–Crippen LogP) is 3.53. The molecular formula is C17H23NOS. The average Bonchev–Trinajstić information content (AvgIpc) is 3.34. The van der Waals surface area contributed by atoms with Gasteiger partial charge >= 0.3 is 0 Å². The normalized spacial score (nSPS) is 21.8. The summed E-state index contributed by atoms with van der Waals surface area (Å²) in [5.41, 5.74) is 3.21. The molecule has 20 heavy (non-hydrogen) atoms. The van der Waals surface area contributed by atoms with Gasteiger partial charge in [-0.05, 0) is 49.3 Å². The highest BCUT2D eigenvalue weighted by Gasteiger charge is 2.65. The third-order valence-electron chi connectivity index (χ3n) is 4.51. The first-order valence-electron chi connectivity index (χ1n) is 7.61. The molecule has 2 aliphatic rings. The van der Waals surface area contributed by atoms with Gasteiger partial charge in [0.25, 0.3) is 0 Å². The van der Waals surface area contributed by atoms with Gasteiger partial charge in [-0.3, -0.25) is 4.79 Å². The van der Waals surface area contributed by atoms with Gasteiger partial charge in [0, 0.05) is 18.2 Å². The standard InChI is InChI=1S/C17H23NOS/c1-13-4-2-5-14(10-13)12-20-9-3-8-18-16(19)15-11-17(15)6-7-17/h2,4-5,10,15H,3,6-9,11-12H2,1H3,(H,18,19)/t15-/m1/s1. The zero-order valence-electron chi connectivity index (χ0n) is 12.2. The maximum Gasteiger partial charge on any atom is 0.223 e. The van der Waals surface area contributed by atoms with Crippen LogP contribution in [0.2, 0.25) is 0 Å². The van der Waals surface area contributed by atoms with Crippen molar-refractivity contribution in [3.63, 3.8) is 0 Å². The molecule has 0 bridgehead atoms. The molecule has 0 radical (unpaired) electrons. The number of hydrogen-bond acceptors (Lipinski definition) is 2. The Kier molecular flexibility index (Phi) is 4.06. The predicted molar refractivity (Wildman–Crippen MR) is 84.7 cm³/mol. The van der Waals surface area contributed by atoms with Crippen molar-refractivity contribution in [1.29, 1.82) is 0 Å². The monoisotopic (exact) mass is 289 g/mol. The third-order valence-corrected chi connectivity index (χ3v) is 5.63. The van der Waals surface area contributed by atoms with Crippen molar-refractivity contribution in [2.75, 3.05) is 12.3 Å². The number of nitrogens with one attached hydrogen (secondary N) is 1. The van der Waals surface area contributed by atoms with Gasteiger partial charge in [-0.25, -0.2) is 0 Å². The van der Waals surface area contributed by atoms with Crippen molar-refractivity contribution in [3.05, 3.63) is 35.4 Å². The van der Waals surface area contributed by atoms with Crippen molar-refractivity contribution in [3.8, 4) is 0 Å². The van der Waals surface area contributed by atoms with Crippen LogP contribution in [0.25, 0.3) is 0 Å². The molecule has 1 aromatic carbocycles. The molecule has 0 heterocycles. The van der Waals surface area contributed by atoms with Crippen LogP contribution in [0.3, 0.4) is 0 Å². The van der Waals surface area contributed by atoms with Gasteiger partial charge in [0.05, 0.1) is 0 Å². The van der Waals surface area contributed by atoms with Crippen LogP contribution in [0.1, 0.15) is 36.8 Å². The molecule has 1 spiro atoms. The fraction of sp³-hybridized carbons (Fsp3) is 0.588. The van der Waals surface area contributed by atoms with Crippen LogP contribution < -0.4 is 5.32 Å². The Morgan fingerprint density at radius 3 is 3.00 bits per heavy atom. The molecule has 2 nitrogen and oxygen atoms in total. The summed E-state index contributed by atoms with van der Waals surface area (Å²) in [6.07, 6.45) is 4.80. The molecule has 1 N–H and O–H groups in total. The molecule has 1 aromatic rings. The number of carbonyl (C=O) groups is 1. The molecule has 2 aliphatic carbocycles. The molecule has 0 unspecified atom stereocenters. The molecule has 108 valence electrons. The molecular weight excluding hydrogens is 266 g/mol. The molecule has 2 fully saturated rings. The average molecular weight is 289 g/mol. The van der Waals surface area contributed by atoms with Gasteiger partial charge in [-0.1, -0.05) is 29.8 Å². The maximum absolute atomic E-state index is 11.8. The minimum absolute atomic E-state index is 0.311. The van der Waals surface area contributed by atoms with E-state index in [1.165, 1.54) is 24.0 Å². The summed E-state index contributed by atoms with van der Waals surface area (Å²) >= 11 is 1.95. The van der Waals surface area contributed by atoms with Gasteiger partial charge in [-0.2, -0.15) is 11.8 Å². The largest absolute Gasteiger partial charge is 0.356 e. The molecule has 0 aromatic heterocycles. The van der Waals surface area contributed by atoms with E-state index < -0.39 is 0 Å². The highest BCUT2D eigenvalue weighted by Crippen LogP contribution is 2.70. The van der Waals surface area contributed by atoms with Crippen LogP contribution in [0.15, 0.2) is 24.3 Å². The van der Waals surface area contributed by atoms with E-state index in [9.17, 15) is 4.79 Å². The fourth-order valence-electron chi connectivity index (χ4n) is 2.93. The fourth-order valence-corrected chi connectivity index (χ4v) is 3.84. The first-order chi connectivity index (χ1) is 9.70. The van der Waals surface area contributed by atoms with Crippen LogP contribution in [-0.2, 0) is 10.5 Å². The van der Waals surface area contributed by atoms with Gasteiger partial charge in [-0.15, -0.1) is 0 Å². The van der Waals surface area contributed by atoms with Crippen LogP contribution in [0.4, 0.5) is 0 Å². The molecule has 0 aliphatic heterocycles. The lowest BCUT2D eigenvalue weighted by molar-refractivity contribution is -0.122. The van der Waals surface area contributed by atoms with Gasteiger partial charge in [0.2, 0.25) is 5.91 Å². The molecule has 1 atom stereocenters. The van der Waals surface area contributed by atoms with E-state index in [4.69, 9.17) is 0 Å². The zero-order valence-corrected chi connectivity index (χ0v) is 13.0. The summed E-state index contributed by atoms with van der Waals surface area (Å²) in [4.78, 5) is 11.8. The van der Waals surface area contributed by atoms with Gasteiger partial charge < -0.3 is 5.32 Å². The summed E-state index contributed by atoms with van der Waals surface area (Å²) in [7, 11) is 0. The Labute approximate surface area is 125 Å². The highest BCUT2D eigenvalue weighted by atomic mass is 32.2. The van der Waals surface area contributed by atoms with Gasteiger partial charge in [0.1, 0.15) is 0 Å². The lowest BCUT2D eigenvalue weighted by Crippen LogP contribution is -2.27. The molecule has 2 saturated carbocycles. The topological polar surface area (TPSA) is 29.1 Å². The van der Waals surface area contributed by atoms with E-state index in [1.807, 2.05) is 11.8 Å². The number of aryl methyl sites for hydroxylation is 1. The minimum atomic E-state index is 0.311. The Bertz CT molecular complexity index is 496. The highest BCUT2D eigenvalue weighted by molar-refractivity contribution is 7.98. The van der Waals surface area contributed by atoms with Crippen LogP contribution in [0.5, 0.6) is 0 Å². The summed E-state index contributed by atoms with van der Waals surface area (Å²) in [6, 6.07) is 8.68. The van der Waals surface area contributed by atoms with E-state index in [-0.39, 0.29) is 0 Å². The molecule has 3 rings (SSSR count). The lowest BCUT2D eigenvalue weighted by atomic mass is 10.2. The smallest absolute Gasteiger partial charge is 0.223 e. The summed E-state index contributed by atoms with van der Waals surface area (Å²) in [5, 5.41) is 3.10. The van der Waals surface area contributed by atoms with E-state index in [0.717, 1.165) is 30.9 Å². The Morgan fingerprint density at radius 1 is 1.45 bits per heavy atom. The zero-order chi connectivity index (χ0) is 14.0. The van der Waals surface area contributed by atoms with E-state index in [2.05, 4.69) is 36.5 Å². The van der Waals surface area contributed by atoms with Crippen molar-refractivity contribution in [1.82, 2.24) is 5.32 Å². The summed E-state index contributed by atoms with van der Waals surface area (Å²) in [6.45, 7) is 2.97. The van der Waals surface area contributed by atoms with Crippen molar-refractivity contribution < 1.29 is 4.79 Å². The number of amides is 1. The van der Waals surface area contributed by atoms with Crippen molar-refractivity contribution in [2.45, 2.75) is 38.4 Å². The number of thioether (sulfide) groups is 1. The second-order valence-corrected chi connectivity index (χ2v) is 7.41. The summed E-state index contributed by atoms with van der Waals surface area (Å²) in [5.74, 6) is 2.86. The van der Waals surface area contributed by atoms with Crippen LogP contribution >= 0.6 is 11.8 Å². The van der Waals surface area contributed by atoms with Crippen LogP contribution in [0, 0.1) is 18.3 Å². The van der Waals surface area contributed by atoms with Crippen molar-refractivity contribution >= 4 is 17.7 Å². The second-order valence-electron chi connectivity index (χ2n) is 6.31. The number of benzene rings is 1. The minimum Gasteiger partial charge on any atom is -0.356 e. The molecule has 0 saturated heterocycles. The quantitative estimate of drug-likeness (QED) is 0.778.